The van der Waals surface area contributed by atoms with E-state index in [1.54, 1.807) is 0 Å². The van der Waals surface area contributed by atoms with Gasteiger partial charge in [-0.2, -0.15) is 0 Å². The van der Waals surface area contributed by atoms with E-state index >= 15 is 0 Å². The Bertz CT molecular complexity index is 255. The number of nitrogens with one attached hydrogen (secondary N) is 1. The highest BCUT2D eigenvalue weighted by Crippen LogP contribution is 2.36. The van der Waals surface area contributed by atoms with E-state index in [1.807, 2.05) is 6.92 Å². The molecule has 0 bridgehead atoms. The van der Waals surface area contributed by atoms with Gasteiger partial charge in [-0.25, -0.2) is 0 Å². The lowest BCUT2D eigenvalue weighted by Gasteiger charge is -2.46. The molecule has 2 aliphatic rings. The summed E-state index contributed by atoms with van der Waals surface area (Å²) in [6.07, 6.45) is 5.04. The summed E-state index contributed by atoms with van der Waals surface area (Å²) in [7, 11) is 0. The van der Waals surface area contributed by atoms with Gasteiger partial charge in [0.25, 0.3) is 0 Å². The molecule has 2 unspecified atom stereocenters. The molecule has 92 valence electrons. The molecule has 0 aliphatic carbocycles. The fraction of sp³-hybridized carbons (Fsp3) is 0.917. The zero-order valence-electron chi connectivity index (χ0n) is 10.2. The lowest BCUT2D eigenvalue weighted by Crippen LogP contribution is -2.55. The van der Waals surface area contributed by atoms with Crippen LogP contribution in [-0.4, -0.2) is 43.0 Å². The lowest BCUT2D eigenvalue weighted by atomic mass is 9.74. The fourth-order valence-corrected chi connectivity index (χ4v) is 3.14. The Balaban J connectivity index is 2.00. The number of hydrogen-bond donors (Lipinski definition) is 2. The highest BCUT2D eigenvalue weighted by atomic mass is 16.1. The van der Waals surface area contributed by atoms with Crippen molar-refractivity contribution in [3.63, 3.8) is 0 Å². The summed E-state index contributed by atoms with van der Waals surface area (Å²) in [5.74, 6) is -0.194. The van der Waals surface area contributed by atoms with Crippen LogP contribution in [0.25, 0.3) is 0 Å². The van der Waals surface area contributed by atoms with Crippen LogP contribution < -0.4 is 11.1 Å². The monoisotopic (exact) mass is 225 g/mol. The van der Waals surface area contributed by atoms with E-state index < -0.39 is 0 Å². The molecule has 2 aliphatic heterocycles. The van der Waals surface area contributed by atoms with E-state index in [4.69, 9.17) is 5.73 Å². The quantitative estimate of drug-likeness (QED) is 0.712. The number of carbonyl (C=O) groups is 1. The van der Waals surface area contributed by atoms with Crippen LogP contribution in [0.1, 0.15) is 32.6 Å². The number of hydrogen-bond acceptors (Lipinski definition) is 3. The van der Waals surface area contributed by atoms with Gasteiger partial charge in [-0.3, -0.25) is 9.69 Å². The van der Waals surface area contributed by atoms with Gasteiger partial charge in [-0.1, -0.05) is 0 Å². The summed E-state index contributed by atoms with van der Waals surface area (Å²) in [4.78, 5) is 13.5. The van der Waals surface area contributed by atoms with Crippen LogP contribution in [0.5, 0.6) is 0 Å². The molecule has 1 amide bonds. The van der Waals surface area contributed by atoms with E-state index in [1.165, 1.54) is 25.7 Å². The minimum Gasteiger partial charge on any atom is -0.368 e. The van der Waals surface area contributed by atoms with Gasteiger partial charge >= 0.3 is 0 Å². The second-order valence-corrected chi connectivity index (χ2v) is 5.43. The number of primary amides is 1. The summed E-state index contributed by atoms with van der Waals surface area (Å²) >= 11 is 0. The van der Waals surface area contributed by atoms with Crippen molar-refractivity contribution in [2.45, 2.75) is 38.6 Å². The van der Waals surface area contributed by atoms with Gasteiger partial charge in [-0.05, 0) is 51.1 Å². The zero-order valence-corrected chi connectivity index (χ0v) is 10.2. The molecular weight excluding hydrogens is 202 g/mol. The van der Waals surface area contributed by atoms with Crippen LogP contribution in [-0.2, 0) is 4.79 Å². The van der Waals surface area contributed by atoms with Crippen LogP contribution in [0.2, 0.25) is 0 Å². The molecule has 3 N–H and O–H groups in total. The molecule has 2 atom stereocenters. The first-order valence-corrected chi connectivity index (χ1v) is 6.37. The molecule has 2 heterocycles. The summed E-state index contributed by atoms with van der Waals surface area (Å²) in [5, 5.41) is 3.49. The van der Waals surface area contributed by atoms with Crippen LogP contribution in [0.15, 0.2) is 0 Å². The molecule has 0 aromatic heterocycles. The van der Waals surface area contributed by atoms with Crippen molar-refractivity contribution in [1.29, 1.82) is 0 Å². The van der Waals surface area contributed by atoms with Crippen LogP contribution in [0.4, 0.5) is 0 Å². The lowest BCUT2D eigenvalue weighted by molar-refractivity contribution is -0.124. The molecule has 4 nitrogen and oxygen atoms in total. The molecule has 0 radical (unpaired) electrons. The number of piperidine rings is 2. The summed E-state index contributed by atoms with van der Waals surface area (Å²) in [5.41, 5.74) is 5.79. The van der Waals surface area contributed by atoms with Gasteiger partial charge in [-0.15, -0.1) is 0 Å². The molecule has 2 saturated heterocycles. The van der Waals surface area contributed by atoms with Crippen molar-refractivity contribution in [2.75, 3.05) is 26.2 Å². The first-order valence-electron chi connectivity index (χ1n) is 6.37. The predicted octanol–water partition coefficient (Wildman–Crippen LogP) is 0.326. The maximum Gasteiger partial charge on any atom is 0.234 e. The fourth-order valence-electron chi connectivity index (χ4n) is 3.14. The maximum absolute atomic E-state index is 11.2. The third-order valence-corrected chi connectivity index (χ3v) is 4.21. The summed E-state index contributed by atoms with van der Waals surface area (Å²) in [6.45, 7) is 6.23. The van der Waals surface area contributed by atoms with Gasteiger partial charge in [0.1, 0.15) is 0 Å². The molecule has 4 heteroatoms. The van der Waals surface area contributed by atoms with Crippen molar-refractivity contribution in [3.05, 3.63) is 0 Å². The Hall–Kier alpha value is -0.610. The van der Waals surface area contributed by atoms with Crippen molar-refractivity contribution in [2.24, 2.45) is 11.1 Å². The first kappa shape index (κ1) is 11.9. The number of nitrogens with zero attached hydrogens (tertiary/aromatic N) is 1. The topological polar surface area (TPSA) is 58.4 Å². The summed E-state index contributed by atoms with van der Waals surface area (Å²) in [6, 6.07) is -0.112. The number of likely N-dealkylation sites (tertiary alicyclic amines) is 1. The SMILES string of the molecule is CC(C(N)=O)N1CCCC2(CCCNC2)C1. The Morgan fingerprint density at radius 3 is 2.81 bits per heavy atom. The van der Waals surface area contributed by atoms with E-state index in [-0.39, 0.29) is 11.9 Å². The van der Waals surface area contributed by atoms with Gasteiger partial charge < -0.3 is 11.1 Å². The number of rotatable bonds is 2. The van der Waals surface area contributed by atoms with Gasteiger partial charge in [0.2, 0.25) is 5.91 Å². The third kappa shape index (κ3) is 2.38. The smallest absolute Gasteiger partial charge is 0.234 e. The Morgan fingerprint density at radius 2 is 2.19 bits per heavy atom. The largest absolute Gasteiger partial charge is 0.368 e. The minimum atomic E-state index is -0.194. The molecule has 2 fully saturated rings. The van der Waals surface area contributed by atoms with Crippen molar-refractivity contribution < 1.29 is 4.79 Å². The van der Waals surface area contributed by atoms with E-state index in [0.29, 0.717) is 5.41 Å². The van der Waals surface area contributed by atoms with E-state index in [2.05, 4.69) is 10.2 Å². The number of nitrogens with two attached hydrogens (primary N) is 1. The Labute approximate surface area is 97.6 Å². The zero-order chi connectivity index (χ0) is 11.6. The number of amides is 1. The van der Waals surface area contributed by atoms with Crippen molar-refractivity contribution >= 4 is 5.91 Å². The van der Waals surface area contributed by atoms with Crippen molar-refractivity contribution in [1.82, 2.24) is 10.2 Å². The predicted molar refractivity (Wildman–Crippen MR) is 64.0 cm³/mol. The highest BCUT2D eigenvalue weighted by Gasteiger charge is 2.38. The van der Waals surface area contributed by atoms with Gasteiger partial charge in [0.15, 0.2) is 0 Å². The normalized spacial score (nSPS) is 33.8. The van der Waals surface area contributed by atoms with Gasteiger partial charge in [0, 0.05) is 13.1 Å². The Kier molecular flexibility index (Phi) is 3.50. The van der Waals surface area contributed by atoms with E-state index in [9.17, 15) is 4.79 Å². The third-order valence-electron chi connectivity index (χ3n) is 4.21. The second-order valence-electron chi connectivity index (χ2n) is 5.43. The molecule has 1 spiro atoms. The molecular formula is C12H23N3O. The highest BCUT2D eigenvalue weighted by molar-refractivity contribution is 5.79. The Morgan fingerprint density at radius 1 is 1.44 bits per heavy atom. The van der Waals surface area contributed by atoms with Crippen LogP contribution in [0, 0.1) is 5.41 Å². The molecule has 0 aromatic carbocycles. The molecule has 2 rings (SSSR count). The molecule has 0 saturated carbocycles. The van der Waals surface area contributed by atoms with Crippen molar-refractivity contribution in [3.8, 4) is 0 Å². The maximum atomic E-state index is 11.2. The number of carbonyl (C=O) groups excluding carboxylic acids is 1. The van der Waals surface area contributed by atoms with Crippen LogP contribution in [0.3, 0.4) is 0 Å². The standard InChI is InChI=1S/C12H23N3O/c1-10(11(13)16)15-7-3-5-12(9-15)4-2-6-14-8-12/h10,14H,2-9H2,1H3,(H2,13,16). The first-order chi connectivity index (χ1) is 7.63. The second kappa shape index (κ2) is 4.72. The van der Waals surface area contributed by atoms with Gasteiger partial charge in [0.05, 0.1) is 6.04 Å². The summed E-state index contributed by atoms with van der Waals surface area (Å²) < 4.78 is 0. The minimum absolute atomic E-state index is 0.112. The average molecular weight is 225 g/mol. The molecule has 0 aromatic rings. The van der Waals surface area contributed by atoms with Crippen LogP contribution >= 0.6 is 0 Å². The van der Waals surface area contributed by atoms with E-state index in [0.717, 1.165) is 26.2 Å². The molecule has 16 heavy (non-hydrogen) atoms. The average Bonchev–Trinajstić information content (AvgIpc) is 2.29.